The van der Waals surface area contributed by atoms with E-state index in [0.717, 1.165) is 25.6 Å². The molecular formula is C9H14N2O9S2. The highest BCUT2D eigenvalue weighted by Gasteiger charge is 2.47. The van der Waals surface area contributed by atoms with Gasteiger partial charge >= 0.3 is 5.70 Å². The van der Waals surface area contributed by atoms with E-state index in [9.17, 15) is 26.9 Å². The minimum atomic E-state index is -4.65. The van der Waals surface area contributed by atoms with Crippen molar-refractivity contribution in [3.05, 3.63) is 33.8 Å². The van der Waals surface area contributed by atoms with Gasteiger partial charge in [0.25, 0.3) is 20.2 Å². The van der Waals surface area contributed by atoms with Gasteiger partial charge in [0.05, 0.1) is 24.9 Å². The van der Waals surface area contributed by atoms with Crippen molar-refractivity contribution in [1.29, 1.82) is 0 Å². The third-order valence-electron chi connectivity index (χ3n) is 2.62. The number of allylic oxidation sites excluding steroid dienone is 1. The van der Waals surface area contributed by atoms with Gasteiger partial charge in [-0.05, 0) is 0 Å². The molecular weight excluding hydrogens is 344 g/mol. The zero-order valence-corrected chi connectivity index (χ0v) is 13.2. The first-order chi connectivity index (χ1) is 9.90. The van der Waals surface area contributed by atoms with Crippen LogP contribution in [0.15, 0.2) is 23.7 Å². The van der Waals surface area contributed by atoms with Gasteiger partial charge in [-0.2, -0.15) is 16.8 Å². The van der Waals surface area contributed by atoms with Crippen molar-refractivity contribution in [2.24, 2.45) is 0 Å². The number of hydrogen-bond acceptors (Lipinski definition) is 9. The minimum absolute atomic E-state index is 0.485. The van der Waals surface area contributed by atoms with E-state index in [4.69, 9.17) is 9.29 Å². The van der Waals surface area contributed by atoms with E-state index >= 15 is 0 Å². The van der Waals surface area contributed by atoms with Crippen molar-refractivity contribution >= 4 is 20.2 Å². The van der Waals surface area contributed by atoms with Gasteiger partial charge in [0.2, 0.25) is 5.76 Å². The summed E-state index contributed by atoms with van der Waals surface area (Å²) in [5.74, 6) is -1.58. The fourth-order valence-electron chi connectivity index (χ4n) is 1.89. The number of dihydropyridines is 1. The van der Waals surface area contributed by atoms with Crippen LogP contribution in [0.5, 0.6) is 0 Å². The van der Waals surface area contributed by atoms with Crippen LogP contribution in [0, 0.1) is 10.1 Å². The lowest BCUT2D eigenvalue weighted by molar-refractivity contribution is -0.423. The second-order valence-corrected chi connectivity index (χ2v) is 7.52. The number of rotatable bonds is 7. The van der Waals surface area contributed by atoms with Crippen LogP contribution in [0.4, 0.5) is 0 Å². The molecule has 1 atom stereocenters. The number of nitrogens with one attached hydrogen (secondary N) is 1. The van der Waals surface area contributed by atoms with Gasteiger partial charge in [0, 0.05) is 12.3 Å². The largest absolute Gasteiger partial charge is 0.492 e. The maximum Gasteiger partial charge on any atom is 0.310 e. The van der Waals surface area contributed by atoms with E-state index in [0.29, 0.717) is 0 Å². The third kappa shape index (κ3) is 4.66. The normalized spacial score (nSPS) is 22.3. The lowest BCUT2D eigenvalue weighted by atomic mass is 9.96. The van der Waals surface area contributed by atoms with E-state index in [1.54, 1.807) is 0 Å². The summed E-state index contributed by atoms with van der Waals surface area (Å²) in [6.07, 6.45) is 2.76. The van der Waals surface area contributed by atoms with Crippen molar-refractivity contribution in [3.8, 4) is 0 Å². The molecule has 1 unspecified atom stereocenters. The second kappa shape index (κ2) is 6.20. The fourth-order valence-corrected chi connectivity index (χ4v) is 3.22. The number of nitrogens with zero attached hydrogens (tertiary/aromatic N) is 1. The van der Waals surface area contributed by atoms with Crippen LogP contribution in [-0.2, 0) is 29.2 Å². The molecule has 0 aromatic heterocycles. The highest BCUT2D eigenvalue weighted by molar-refractivity contribution is 7.86. The SMILES string of the molecule is COC1=C([N+](=O)[O-])C=CNC1(COS(C)(=O)=O)CS(=O)(=O)O. The molecule has 1 rings (SSSR count). The molecule has 11 nitrogen and oxygen atoms in total. The molecule has 0 aromatic carbocycles. The highest BCUT2D eigenvalue weighted by atomic mass is 32.2. The van der Waals surface area contributed by atoms with Crippen LogP contribution in [0.25, 0.3) is 0 Å². The summed E-state index contributed by atoms with van der Waals surface area (Å²) >= 11 is 0. The molecule has 0 fully saturated rings. The standard InChI is InChI=1S/C9H14N2O9S2/c1-19-8-7(11(12)13)3-4-10-9(8,6-22(16,17)18)5-20-21(2,14)15/h3-4,10H,5-6H2,1-2H3,(H,16,17,18). The average Bonchev–Trinajstić information content (AvgIpc) is 2.33. The molecule has 22 heavy (non-hydrogen) atoms. The van der Waals surface area contributed by atoms with Crippen molar-refractivity contribution < 1.29 is 35.2 Å². The van der Waals surface area contributed by atoms with Crippen molar-refractivity contribution in [2.45, 2.75) is 5.54 Å². The predicted molar refractivity (Wildman–Crippen MR) is 73.2 cm³/mol. The maximum absolute atomic E-state index is 11.2. The van der Waals surface area contributed by atoms with E-state index in [-0.39, 0.29) is 0 Å². The van der Waals surface area contributed by atoms with Gasteiger partial charge in [-0.3, -0.25) is 18.9 Å². The topological polar surface area (TPSA) is 162 Å². The summed E-state index contributed by atoms with van der Waals surface area (Å²) in [5.41, 5.74) is -2.57. The third-order valence-corrected chi connectivity index (χ3v) is 4.02. The van der Waals surface area contributed by atoms with Gasteiger partial charge < -0.3 is 10.1 Å². The van der Waals surface area contributed by atoms with Gasteiger partial charge in [-0.25, -0.2) is 0 Å². The smallest absolute Gasteiger partial charge is 0.310 e. The van der Waals surface area contributed by atoms with Crippen molar-refractivity contribution in [1.82, 2.24) is 5.32 Å². The molecule has 0 spiro atoms. The first-order valence-corrected chi connectivity index (χ1v) is 9.00. The summed E-state index contributed by atoms with van der Waals surface area (Å²) in [4.78, 5) is 10.2. The average molecular weight is 358 g/mol. The minimum Gasteiger partial charge on any atom is -0.492 e. The molecule has 126 valence electrons. The lowest BCUT2D eigenvalue weighted by Gasteiger charge is -2.34. The Morgan fingerprint density at radius 1 is 1.41 bits per heavy atom. The summed E-state index contributed by atoms with van der Waals surface area (Å²) in [5, 5.41) is 13.4. The first-order valence-electron chi connectivity index (χ1n) is 5.57. The zero-order chi connectivity index (χ0) is 17.2. The Morgan fingerprint density at radius 3 is 2.41 bits per heavy atom. The van der Waals surface area contributed by atoms with Crippen LogP contribution in [0.1, 0.15) is 0 Å². The lowest BCUT2D eigenvalue weighted by Crippen LogP contribution is -2.56. The van der Waals surface area contributed by atoms with Gasteiger partial charge in [0.15, 0.2) is 0 Å². The summed E-state index contributed by atoms with van der Waals surface area (Å²) in [6.45, 7) is -0.837. The molecule has 1 aliphatic rings. The molecule has 13 heteroatoms. The molecule has 0 radical (unpaired) electrons. The van der Waals surface area contributed by atoms with Gasteiger partial charge in [0.1, 0.15) is 11.3 Å². The Morgan fingerprint density at radius 2 is 2.00 bits per heavy atom. The molecule has 1 aliphatic heterocycles. The zero-order valence-electron chi connectivity index (χ0n) is 11.5. The Labute approximate surface area is 126 Å². The van der Waals surface area contributed by atoms with Crippen LogP contribution < -0.4 is 5.32 Å². The van der Waals surface area contributed by atoms with Gasteiger partial charge in [-0.15, -0.1) is 0 Å². The number of hydrogen-bond donors (Lipinski definition) is 2. The Balaban J connectivity index is 3.42. The molecule has 1 heterocycles. The van der Waals surface area contributed by atoms with Crippen LogP contribution >= 0.6 is 0 Å². The number of ether oxygens (including phenoxy) is 1. The Bertz CT molecular complexity index is 722. The molecule has 0 saturated carbocycles. The predicted octanol–water partition coefficient (Wildman–Crippen LogP) is -1.16. The number of methoxy groups -OCH3 is 1. The molecule has 0 aliphatic carbocycles. The molecule has 0 saturated heterocycles. The molecule has 2 N–H and O–H groups in total. The molecule has 0 aromatic rings. The van der Waals surface area contributed by atoms with E-state index in [1.807, 2.05) is 0 Å². The van der Waals surface area contributed by atoms with Crippen LogP contribution in [0.2, 0.25) is 0 Å². The van der Waals surface area contributed by atoms with Crippen LogP contribution in [-0.4, -0.2) is 57.6 Å². The molecule has 0 amide bonds. The van der Waals surface area contributed by atoms with E-state index in [1.165, 1.54) is 0 Å². The summed E-state index contributed by atoms with van der Waals surface area (Å²) in [7, 11) is -7.58. The highest BCUT2D eigenvalue weighted by Crippen LogP contribution is 2.28. The maximum atomic E-state index is 11.2. The van der Waals surface area contributed by atoms with Crippen molar-refractivity contribution in [2.75, 3.05) is 25.7 Å². The Hall–Kier alpha value is -1.70. The number of nitro groups is 1. The van der Waals surface area contributed by atoms with Crippen molar-refractivity contribution in [3.63, 3.8) is 0 Å². The second-order valence-electron chi connectivity index (χ2n) is 4.43. The van der Waals surface area contributed by atoms with Gasteiger partial charge in [-0.1, -0.05) is 0 Å². The summed E-state index contributed by atoms with van der Waals surface area (Å²) < 4.78 is 63.1. The monoisotopic (exact) mass is 358 g/mol. The fraction of sp³-hybridized carbons (Fsp3) is 0.556. The quantitative estimate of drug-likeness (QED) is 0.246. The first kappa shape index (κ1) is 18.3. The van der Waals surface area contributed by atoms with Crippen LogP contribution in [0.3, 0.4) is 0 Å². The molecule has 0 bridgehead atoms. The van der Waals surface area contributed by atoms with E-state index < -0.39 is 54.5 Å². The summed E-state index contributed by atoms with van der Waals surface area (Å²) in [6, 6.07) is 0. The van der Waals surface area contributed by atoms with E-state index in [2.05, 4.69) is 9.50 Å². The Kier molecular flexibility index (Phi) is 5.17.